The Balaban J connectivity index is 1.93. The number of hydrogen-bond donors (Lipinski definition) is 4. The molecule has 0 amide bonds. The Kier molecular flexibility index (Phi) is 3.48. The van der Waals surface area contributed by atoms with Crippen molar-refractivity contribution in [2.24, 2.45) is 5.92 Å². The number of aromatic nitrogens is 4. The maximum absolute atomic E-state index is 12.9. The molecule has 0 aromatic carbocycles. The van der Waals surface area contributed by atoms with Crippen molar-refractivity contribution >= 4 is 17.1 Å². The van der Waals surface area contributed by atoms with Gasteiger partial charge in [0.2, 0.25) is 5.95 Å². The lowest BCUT2D eigenvalue weighted by atomic mass is 10.2. The first-order chi connectivity index (χ1) is 11.5. The van der Waals surface area contributed by atoms with Crippen LogP contribution in [0.15, 0.2) is 9.59 Å². The third-order valence-electron chi connectivity index (χ3n) is 4.59. The Labute approximate surface area is 135 Å². The van der Waals surface area contributed by atoms with Gasteiger partial charge in [0.1, 0.15) is 6.10 Å². The molecule has 5 N–H and O–H groups in total. The van der Waals surface area contributed by atoms with E-state index in [-0.39, 0.29) is 30.1 Å². The van der Waals surface area contributed by atoms with Gasteiger partial charge in [-0.15, -0.1) is 0 Å². The topological polar surface area (TPSA) is 148 Å². The van der Waals surface area contributed by atoms with Gasteiger partial charge < -0.3 is 20.7 Å². The first kappa shape index (κ1) is 15.4. The molecule has 1 aliphatic carbocycles. The number of nitrogen functional groups attached to an aromatic ring is 1. The summed E-state index contributed by atoms with van der Waals surface area (Å²) in [6.07, 6.45) is -0.350. The molecule has 1 saturated carbocycles. The number of rotatable bonds is 4. The van der Waals surface area contributed by atoms with Gasteiger partial charge in [-0.05, 0) is 18.8 Å². The number of nitrogens with two attached hydrogens (primary N) is 1. The van der Waals surface area contributed by atoms with Gasteiger partial charge >= 0.3 is 5.69 Å². The lowest BCUT2D eigenvalue weighted by Crippen LogP contribution is -2.32. The summed E-state index contributed by atoms with van der Waals surface area (Å²) in [4.78, 5) is 31.7. The van der Waals surface area contributed by atoms with Gasteiger partial charge in [-0.3, -0.25) is 14.3 Å². The number of nitrogens with zero attached hydrogens (tertiary/aromatic N) is 3. The van der Waals surface area contributed by atoms with Crippen molar-refractivity contribution < 1.29 is 14.9 Å². The Morgan fingerprint density at radius 1 is 1.38 bits per heavy atom. The summed E-state index contributed by atoms with van der Waals surface area (Å²) >= 11 is 0. The molecule has 3 heterocycles. The van der Waals surface area contributed by atoms with Crippen LogP contribution in [0.3, 0.4) is 0 Å². The van der Waals surface area contributed by atoms with E-state index in [0.717, 1.165) is 12.8 Å². The van der Waals surface area contributed by atoms with Crippen LogP contribution < -0.4 is 17.0 Å². The van der Waals surface area contributed by atoms with Gasteiger partial charge in [0.15, 0.2) is 17.4 Å². The Morgan fingerprint density at radius 2 is 2.12 bits per heavy atom. The number of imidazole rings is 1. The van der Waals surface area contributed by atoms with E-state index in [1.54, 1.807) is 0 Å². The molecular weight excluding hydrogens is 318 g/mol. The van der Waals surface area contributed by atoms with Crippen molar-refractivity contribution in [2.45, 2.75) is 44.2 Å². The van der Waals surface area contributed by atoms with Crippen LogP contribution in [0.5, 0.6) is 0 Å². The Morgan fingerprint density at radius 3 is 2.75 bits per heavy atom. The second kappa shape index (κ2) is 5.43. The highest BCUT2D eigenvalue weighted by atomic mass is 16.5. The number of H-pyrrole nitrogens is 1. The molecule has 2 aliphatic rings. The molecule has 0 unspecified atom stereocenters. The number of ether oxygens (including phenoxy) is 1. The van der Waals surface area contributed by atoms with Crippen LogP contribution in [0.4, 0.5) is 5.95 Å². The Bertz CT molecular complexity index is 895. The normalized spacial score (nSPS) is 27.2. The maximum Gasteiger partial charge on any atom is 0.332 e. The van der Waals surface area contributed by atoms with E-state index in [1.807, 2.05) is 0 Å². The molecule has 2 aromatic rings. The molecule has 4 rings (SSSR count). The minimum atomic E-state index is -1.01. The van der Waals surface area contributed by atoms with Crippen molar-refractivity contribution in [2.75, 3.05) is 12.3 Å². The van der Waals surface area contributed by atoms with E-state index in [9.17, 15) is 19.8 Å². The second-order valence-corrected chi connectivity index (χ2v) is 6.46. The highest BCUT2D eigenvalue weighted by Gasteiger charge is 2.38. The highest BCUT2D eigenvalue weighted by molar-refractivity contribution is 5.71. The fourth-order valence-corrected chi connectivity index (χ4v) is 3.24. The molecule has 130 valence electrons. The summed E-state index contributed by atoms with van der Waals surface area (Å²) in [5.74, 6) is 0.245. The van der Waals surface area contributed by atoms with Crippen LogP contribution in [0.25, 0.3) is 11.2 Å². The summed E-state index contributed by atoms with van der Waals surface area (Å²) in [5.41, 5.74) is 4.87. The maximum atomic E-state index is 12.9. The molecule has 0 radical (unpaired) electrons. The van der Waals surface area contributed by atoms with Crippen LogP contribution in [-0.4, -0.2) is 48.1 Å². The van der Waals surface area contributed by atoms with E-state index < -0.39 is 29.7 Å². The van der Waals surface area contributed by atoms with Crippen LogP contribution in [0.2, 0.25) is 0 Å². The SMILES string of the molecule is Nc1nc2c(c(=O)[nH]1)n(CC1CC1)c(=O)n2[C@@H]1O[C@H](CO)C[C@H]1O. The smallest absolute Gasteiger partial charge is 0.332 e. The minimum absolute atomic E-state index is 0.0875. The summed E-state index contributed by atoms with van der Waals surface area (Å²) in [5, 5.41) is 19.5. The van der Waals surface area contributed by atoms with Crippen LogP contribution in [0.1, 0.15) is 25.5 Å². The van der Waals surface area contributed by atoms with Gasteiger partial charge in [-0.2, -0.15) is 4.98 Å². The zero-order chi connectivity index (χ0) is 17.0. The molecular formula is C14H19N5O5. The van der Waals surface area contributed by atoms with Crippen LogP contribution >= 0.6 is 0 Å². The predicted octanol–water partition coefficient (Wildman–Crippen LogP) is -1.48. The third-order valence-corrected chi connectivity index (χ3v) is 4.59. The van der Waals surface area contributed by atoms with Crippen molar-refractivity contribution in [1.29, 1.82) is 0 Å². The lowest BCUT2D eigenvalue weighted by molar-refractivity contribution is -0.0506. The first-order valence-corrected chi connectivity index (χ1v) is 7.94. The van der Waals surface area contributed by atoms with E-state index in [2.05, 4.69) is 9.97 Å². The molecule has 1 saturated heterocycles. The summed E-state index contributed by atoms with van der Waals surface area (Å²) < 4.78 is 8.11. The molecule has 0 bridgehead atoms. The van der Waals surface area contributed by atoms with Gasteiger partial charge in [-0.1, -0.05) is 0 Å². The number of fused-ring (bicyclic) bond motifs is 1. The molecule has 10 heteroatoms. The summed E-state index contributed by atoms with van der Waals surface area (Å²) in [6, 6.07) is 0. The number of anilines is 1. The van der Waals surface area contributed by atoms with Gasteiger partial charge in [-0.25, -0.2) is 9.36 Å². The van der Waals surface area contributed by atoms with Crippen molar-refractivity contribution in [3.63, 3.8) is 0 Å². The molecule has 24 heavy (non-hydrogen) atoms. The van der Waals surface area contributed by atoms with Gasteiger partial charge in [0, 0.05) is 13.0 Å². The average Bonchev–Trinajstić information content (AvgIpc) is 3.21. The quantitative estimate of drug-likeness (QED) is 0.531. The van der Waals surface area contributed by atoms with Crippen molar-refractivity contribution in [3.05, 3.63) is 20.8 Å². The standard InChI is InChI=1S/C14H19N5O5/c15-13-16-10-9(11(22)17-13)18(4-6-1-2-6)14(23)19(10)12-8(21)3-7(5-20)24-12/h6-8,12,20-21H,1-5H2,(H3,15,16,17,22)/t7-,8+,12+/m0/s1. The zero-order valence-electron chi connectivity index (χ0n) is 12.9. The molecule has 1 aliphatic heterocycles. The van der Waals surface area contributed by atoms with Crippen LogP contribution in [0, 0.1) is 5.92 Å². The molecule has 0 spiro atoms. The average molecular weight is 337 g/mol. The largest absolute Gasteiger partial charge is 0.394 e. The van der Waals surface area contributed by atoms with Gasteiger partial charge in [0.25, 0.3) is 5.56 Å². The third kappa shape index (κ3) is 2.34. The zero-order valence-corrected chi connectivity index (χ0v) is 12.9. The number of hydrogen-bond acceptors (Lipinski definition) is 7. The predicted molar refractivity (Wildman–Crippen MR) is 83.4 cm³/mol. The fourth-order valence-electron chi connectivity index (χ4n) is 3.24. The summed E-state index contributed by atoms with van der Waals surface area (Å²) in [6.45, 7) is 0.155. The number of aromatic amines is 1. The fraction of sp³-hybridized carbons (Fsp3) is 0.643. The van der Waals surface area contributed by atoms with E-state index in [1.165, 1.54) is 9.13 Å². The molecule has 10 nitrogen and oxygen atoms in total. The summed E-state index contributed by atoms with van der Waals surface area (Å²) in [7, 11) is 0. The van der Waals surface area contributed by atoms with E-state index in [0.29, 0.717) is 12.5 Å². The van der Waals surface area contributed by atoms with E-state index in [4.69, 9.17) is 10.5 Å². The molecule has 2 fully saturated rings. The number of aliphatic hydroxyl groups is 2. The number of aliphatic hydroxyl groups excluding tert-OH is 2. The highest BCUT2D eigenvalue weighted by Crippen LogP contribution is 2.32. The Hall–Kier alpha value is -2.17. The van der Waals surface area contributed by atoms with Crippen LogP contribution in [-0.2, 0) is 11.3 Å². The monoisotopic (exact) mass is 337 g/mol. The van der Waals surface area contributed by atoms with Crippen molar-refractivity contribution in [3.8, 4) is 0 Å². The lowest BCUT2D eigenvalue weighted by Gasteiger charge is -2.15. The van der Waals surface area contributed by atoms with Gasteiger partial charge in [0.05, 0.1) is 12.7 Å². The number of nitrogens with one attached hydrogen (secondary N) is 1. The van der Waals surface area contributed by atoms with E-state index >= 15 is 0 Å². The molecule has 3 atom stereocenters. The molecule has 2 aromatic heterocycles. The van der Waals surface area contributed by atoms with Crippen molar-refractivity contribution in [1.82, 2.24) is 19.1 Å². The first-order valence-electron chi connectivity index (χ1n) is 7.94. The minimum Gasteiger partial charge on any atom is -0.394 e. The second-order valence-electron chi connectivity index (χ2n) is 6.46.